The predicted octanol–water partition coefficient (Wildman–Crippen LogP) is 4.82. The molecule has 0 saturated heterocycles. The largest absolute Gasteiger partial charge is 0.423 e. The van der Waals surface area contributed by atoms with E-state index in [-0.39, 0.29) is 0 Å². The van der Waals surface area contributed by atoms with Crippen LogP contribution in [0.15, 0.2) is 59.4 Å². The van der Waals surface area contributed by atoms with Crippen molar-refractivity contribution in [2.75, 3.05) is 11.1 Å². The van der Waals surface area contributed by atoms with E-state index in [4.69, 9.17) is 15.1 Å². The molecule has 1 aliphatic rings. The van der Waals surface area contributed by atoms with Gasteiger partial charge in [-0.1, -0.05) is 18.6 Å². The monoisotopic (exact) mass is 409 g/mol. The highest BCUT2D eigenvalue weighted by atomic mass is 16.4. The first-order valence-electron chi connectivity index (χ1n) is 10.2. The molecule has 1 fully saturated rings. The summed E-state index contributed by atoms with van der Waals surface area (Å²) in [5.74, 6) is 2.09. The summed E-state index contributed by atoms with van der Waals surface area (Å²) < 4.78 is 5.72. The summed E-state index contributed by atoms with van der Waals surface area (Å²) >= 11 is 0. The Labute approximate surface area is 177 Å². The Bertz CT molecular complexity index is 1390. The van der Waals surface area contributed by atoms with Gasteiger partial charge in [-0.2, -0.15) is 4.98 Å². The smallest absolute Gasteiger partial charge is 0.301 e. The van der Waals surface area contributed by atoms with Gasteiger partial charge in [0.25, 0.3) is 0 Å². The number of nitrogens with zero attached hydrogens (tertiary/aromatic N) is 5. The fourth-order valence-corrected chi connectivity index (χ4v) is 3.97. The van der Waals surface area contributed by atoms with E-state index < -0.39 is 0 Å². The van der Waals surface area contributed by atoms with Crippen molar-refractivity contribution in [3.05, 3.63) is 60.6 Å². The first kappa shape index (κ1) is 17.8. The van der Waals surface area contributed by atoms with Crippen molar-refractivity contribution in [2.45, 2.75) is 25.2 Å². The van der Waals surface area contributed by atoms with Gasteiger partial charge in [0.15, 0.2) is 11.4 Å². The first-order valence-corrected chi connectivity index (χ1v) is 10.2. The molecule has 4 aromatic heterocycles. The zero-order valence-corrected chi connectivity index (χ0v) is 16.6. The molecule has 1 aliphatic carbocycles. The second kappa shape index (κ2) is 7.02. The highest BCUT2D eigenvalue weighted by Gasteiger charge is 2.24. The lowest BCUT2D eigenvalue weighted by Gasteiger charge is -2.26. The number of aromatic nitrogens is 5. The number of para-hydroxylation sites is 2. The van der Waals surface area contributed by atoms with E-state index in [1.807, 2.05) is 42.6 Å². The summed E-state index contributed by atoms with van der Waals surface area (Å²) in [6, 6.07) is 11.7. The maximum Gasteiger partial charge on any atom is 0.301 e. The molecule has 1 saturated carbocycles. The maximum absolute atomic E-state index is 6.38. The first-order chi connectivity index (χ1) is 15.2. The molecule has 0 atom stereocenters. The van der Waals surface area contributed by atoms with Crippen LogP contribution in [0.3, 0.4) is 0 Å². The van der Waals surface area contributed by atoms with E-state index in [2.05, 4.69) is 25.3 Å². The Hall–Kier alpha value is -4.07. The summed E-state index contributed by atoms with van der Waals surface area (Å²) in [5, 5.41) is 4.03. The van der Waals surface area contributed by atoms with Crippen LogP contribution >= 0.6 is 0 Å². The molecule has 0 bridgehead atoms. The van der Waals surface area contributed by atoms with Gasteiger partial charge < -0.3 is 10.2 Å². The fraction of sp³-hybridized carbons (Fsp3) is 0.174. The molecule has 4 heterocycles. The SMILES string of the molecule is Nc1nc(-c2ccnc(Nc3nc4ccccc4o3)c2)nc2cncc(C3CCC3)c12. The number of rotatable bonds is 4. The molecule has 152 valence electrons. The molecule has 8 heteroatoms. The Balaban J connectivity index is 1.36. The quantitative estimate of drug-likeness (QED) is 0.434. The summed E-state index contributed by atoms with van der Waals surface area (Å²) in [5.41, 5.74) is 10.6. The molecule has 3 N–H and O–H groups in total. The van der Waals surface area contributed by atoms with Crippen molar-refractivity contribution in [3.63, 3.8) is 0 Å². The lowest BCUT2D eigenvalue weighted by Crippen LogP contribution is -2.11. The van der Waals surface area contributed by atoms with Gasteiger partial charge in [0.2, 0.25) is 0 Å². The summed E-state index contributed by atoms with van der Waals surface area (Å²) in [6.07, 6.45) is 8.91. The number of nitrogens with two attached hydrogens (primary N) is 1. The highest BCUT2D eigenvalue weighted by molar-refractivity contribution is 5.92. The van der Waals surface area contributed by atoms with Gasteiger partial charge in [0.1, 0.15) is 17.2 Å². The lowest BCUT2D eigenvalue weighted by molar-refractivity contribution is 0.421. The minimum atomic E-state index is 0.374. The van der Waals surface area contributed by atoms with Crippen LogP contribution in [-0.4, -0.2) is 24.9 Å². The molecular formula is C23H19N7O. The number of nitrogens with one attached hydrogen (secondary N) is 1. The van der Waals surface area contributed by atoms with Crippen molar-refractivity contribution < 1.29 is 4.42 Å². The van der Waals surface area contributed by atoms with E-state index in [1.54, 1.807) is 12.4 Å². The number of nitrogen functional groups attached to an aromatic ring is 1. The van der Waals surface area contributed by atoms with E-state index in [1.165, 1.54) is 6.42 Å². The number of fused-ring (bicyclic) bond motifs is 2. The van der Waals surface area contributed by atoms with Crippen molar-refractivity contribution in [3.8, 4) is 11.4 Å². The van der Waals surface area contributed by atoms with Gasteiger partial charge in [-0.05, 0) is 48.6 Å². The van der Waals surface area contributed by atoms with Crippen LogP contribution in [0, 0.1) is 0 Å². The Morgan fingerprint density at radius 1 is 1.00 bits per heavy atom. The third kappa shape index (κ3) is 3.13. The molecular weight excluding hydrogens is 390 g/mol. The Morgan fingerprint density at radius 3 is 2.74 bits per heavy atom. The maximum atomic E-state index is 6.38. The number of pyridine rings is 2. The number of oxazole rings is 1. The Kier molecular flexibility index (Phi) is 4.02. The average Bonchev–Trinajstić information content (AvgIpc) is 3.15. The van der Waals surface area contributed by atoms with Gasteiger partial charge >= 0.3 is 6.01 Å². The predicted molar refractivity (Wildman–Crippen MR) is 119 cm³/mol. The lowest BCUT2D eigenvalue weighted by atomic mass is 9.79. The van der Waals surface area contributed by atoms with Crippen LogP contribution in [0.25, 0.3) is 33.4 Å². The van der Waals surface area contributed by atoms with Crippen molar-refractivity contribution in [1.29, 1.82) is 0 Å². The van der Waals surface area contributed by atoms with E-state index in [0.29, 0.717) is 35.0 Å². The normalized spacial score (nSPS) is 14.1. The highest BCUT2D eigenvalue weighted by Crippen LogP contribution is 2.40. The molecule has 6 rings (SSSR count). The topological polar surface area (TPSA) is 116 Å². The second-order valence-electron chi connectivity index (χ2n) is 7.72. The van der Waals surface area contributed by atoms with Crippen LogP contribution < -0.4 is 11.1 Å². The zero-order chi connectivity index (χ0) is 20.8. The van der Waals surface area contributed by atoms with Crippen molar-refractivity contribution in [2.24, 2.45) is 0 Å². The van der Waals surface area contributed by atoms with Crippen LogP contribution in [0.4, 0.5) is 17.7 Å². The molecule has 8 nitrogen and oxygen atoms in total. The third-order valence-corrected chi connectivity index (χ3v) is 5.76. The molecule has 0 aliphatic heterocycles. The van der Waals surface area contributed by atoms with Crippen LogP contribution in [-0.2, 0) is 0 Å². The molecule has 1 aromatic carbocycles. The molecule has 5 aromatic rings. The fourth-order valence-electron chi connectivity index (χ4n) is 3.97. The molecule has 0 spiro atoms. The molecule has 0 amide bonds. The second-order valence-corrected chi connectivity index (χ2v) is 7.72. The van der Waals surface area contributed by atoms with Gasteiger partial charge in [-0.25, -0.2) is 15.0 Å². The number of anilines is 3. The van der Waals surface area contributed by atoms with Gasteiger partial charge in [-0.15, -0.1) is 0 Å². The molecule has 31 heavy (non-hydrogen) atoms. The minimum absolute atomic E-state index is 0.374. The summed E-state index contributed by atoms with van der Waals surface area (Å²) in [6.45, 7) is 0. The zero-order valence-electron chi connectivity index (χ0n) is 16.6. The third-order valence-electron chi connectivity index (χ3n) is 5.76. The van der Waals surface area contributed by atoms with Crippen molar-refractivity contribution >= 4 is 39.7 Å². The van der Waals surface area contributed by atoms with Crippen LogP contribution in [0.5, 0.6) is 0 Å². The van der Waals surface area contributed by atoms with Gasteiger partial charge in [-0.3, -0.25) is 10.3 Å². The average molecular weight is 409 g/mol. The van der Waals surface area contributed by atoms with E-state index in [0.717, 1.165) is 40.4 Å². The molecule has 0 unspecified atom stereocenters. The van der Waals surface area contributed by atoms with Crippen LogP contribution in [0.1, 0.15) is 30.7 Å². The standard InChI is InChI=1S/C23H19N7O/c24-21-20-15(13-4-3-5-13)11-25-12-17(20)27-22(30-21)14-8-9-26-19(10-14)29-23-28-16-6-1-2-7-18(16)31-23/h1-2,6-13H,3-5H2,(H2,24,27,30)(H,26,28,29). The van der Waals surface area contributed by atoms with Gasteiger partial charge in [0.05, 0.1) is 11.7 Å². The number of hydrogen-bond donors (Lipinski definition) is 2. The number of benzene rings is 1. The summed E-state index contributed by atoms with van der Waals surface area (Å²) in [4.78, 5) is 22.5. The van der Waals surface area contributed by atoms with Crippen LogP contribution in [0.2, 0.25) is 0 Å². The van der Waals surface area contributed by atoms with Gasteiger partial charge in [0, 0.05) is 23.3 Å². The minimum Gasteiger partial charge on any atom is -0.423 e. The number of hydrogen-bond acceptors (Lipinski definition) is 8. The van der Waals surface area contributed by atoms with Crippen molar-refractivity contribution in [1.82, 2.24) is 24.9 Å². The summed E-state index contributed by atoms with van der Waals surface area (Å²) in [7, 11) is 0. The van der Waals surface area contributed by atoms with E-state index >= 15 is 0 Å². The van der Waals surface area contributed by atoms with E-state index in [9.17, 15) is 0 Å². The molecule has 0 radical (unpaired) electrons. The Morgan fingerprint density at radius 2 is 1.90 bits per heavy atom.